The van der Waals surface area contributed by atoms with Gasteiger partial charge >= 0.3 is 5.19 Å². The second kappa shape index (κ2) is 4.24. The number of ether oxygens (including phenoxy) is 1. The molecule has 0 atom stereocenters. The van der Waals surface area contributed by atoms with E-state index in [1.54, 1.807) is 18.4 Å². The molecule has 2 nitrogen and oxygen atoms in total. The van der Waals surface area contributed by atoms with E-state index in [-0.39, 0.29) is 0 Å². The molecule has 2 aromatic rings. The first-order valence-corrected chi connectivity index (χ1v) is 5.33. The normalized spacial score (nSPS) is 10.1. The van der Waals surface area contributed by atoms with Gasteiger partial charge in [-0.25, -0.2) is 0 Å². The molecule has 0 saturated carbocycles. The van der Waals surface area contributed by atoms with Crippen LogP contribution in [-0.2, 0) is 6.54 Å². The average molecular weight is 206 g/mol. The fraction of sp³-hybridized carbons (Fsp3) is 0.182. The van der Waals surface area contributed by atoms with Crippen molar-refractivity contribution in [2.24, 2.45) is 0 Å². The molecule has 0 unspecified atom stereocenters. The van der Waals surface area contributed by atoms with Gasteiger partial charge in [0.2, 0.25) is 0 Å². The number of aromatic nitrogens is 1. The third-order valence-corrected chi connectivity index (χ3v) is 2.88. The summed E-state index contributed by atoms with van der Waals surface area (Å²) in [6, 6.07) is 10.4. The van der Waals surface area contributed by atoms with Crippen LogP contribution in [0.4, 0.5) is 0 Å². The molecule has 0 amide bonds. The molecule has 1 aromatic heterocycles. The maximum atomic E-state index is 5.24. The van der Waals surface area contributed by atoms with Crippen LogP contribution in [0, 0.1) is 0 Å². The van der Waals surface area contributed by atoms with Gasteiger partial charge in [-0.2, -0.15) is 4.57 Å². The maximum absolute atomic E-state index is 5.24. The van der Waals surface area contributed by atoms with Gasteiger partial charge in [-0.3, -0.25) is 0 Å². The number of benzene rings is 1. The van der Waals surface area contributed by atoms with E-state index in [0.29, 0.717) is 0 Å². The Hall–Kier alpha value is -1.35. The molecule has 0 saturated heterocycles. The third-order valence-electron chi connectivity index (χ3n) is 2.01. The highest BCUT2D eigenvalue weighted by Crippen LogP contribution is 2.11. The Morgan fingerprint density at radius 2 is 2.07 bits per heavy atom. The number of rotatable bonds is 3. The number of methoxy groups -OCH3 is 1. The molecule has 3 heteroatoms. The molecule has 0 fully saturated rings. The summed E-state index contributed by atoms with van der Waals surface area (Å²) in [6.07, 6.45) is 2.04. The van der Waals surface area contributed by atoms with Crippen molar-refractivity contribution in [3.63, 3.8) is 0 Å². The van der Waals surface area contributed by atoms with Crippen LogP contribution in [-0.4, -0.2) is 7.11 Å². The lowest BCUT2D eigenvalue weighted by molar-refractivity contribution is -0.688. The van der Waals surface area contributed by atoms with Gasteiger partial charge in [0.05, 0.1) is 12.5 Å². The zero-order chi connectivity index (χ0) is 9.80. The highest BCUT2D eigenvalue weighted by Gasteiger charge is 2.12. The van der Waals surface area contributed by atoms with Crippen LogP contribution in [0.3, 0.4) is 0 Å². The van der Waals surface area contributed by atoms with Crippen LogP contribution in [0.25, 0.3) is 0 Å². The Balaban J connectivity index is 2.19. The SMILES string of the molecule is COc1scc[n+]1Cc1ccccc1. The minimum absolute atomic E-state index is 0.869. The fourth-order valence-electron chi connectivity index (χ4n) is 1.35. The van der Waals surface area contributed by atoms with Gasteiger partial charge in [0.15, 0.2) is 12.7 Å². The van der Waals surface area contributed by atoms with Gasteiger partial charge < -0.3 is 4.74 Å². The number of nitrogens with zero attached hydrogens (tertiary/aromatic N) is 1. The Kier molecular flexibility index (Phi) is 2.79. The molecule has 0 spiro atoms. The smallest absolute Gasteiger partial charge is 0.430 e. The van der Waals surface area contributed by atoms with Crippen LogP contribution in [0.5, 0.6) is 5.19 Å². The quantitative estimate of drug-likeness (QED) is 0.701. The summed E-state index contributed by atoms with van der Waals surface area (Å²) in [5, 5.41) is 2.97. The van der Waals surface area contributed by atoms with Crippen molar-refractivity contribution >= 4 is 11.3 Å². The molecule has 14 heavy (non-hydrogen) atoms. The summed E-state index contributed by atoms with van der Waals surface area (Å²) < 4.78 is 7.34. The summed E-state index contributed by atoms with van der Waals surface area (Å²) >= 11 is 1.61. The van der Waals surface area contributed by atoms with Gasteiger partial charge in [0.1, 0.15) is 0 Å². The molecule has 1 heterocycles. The number of thiazole rings is 1. The van der Waals surface area contributed by atoms with Gasteiger partial charge in [0.25, 0.3) is 0 Å². The molecule has 0 aliphatic carbocycles. The third kappa shape index (κ3) is 1.93. The Bertz CT molecular complexity index is 397. The Morgan fingerprint density at radius 1 is 1.29 bits per heavy atom. The molecular weight excluding hydrogens is 194 g/mol. The molecule has 0 aliphatic heterocycles. The molecule has 0 aliphatic rings. The first-order valence-electron chi connectivity index (χ1n) is 4.45. The van der Waals surface area contributed by atoms with Crippen molar-refractivity contribution in [3.05, 3.63) is 47.5 Å². The highest BCUT2D eigenvalue weighted by atomic mass is 32.1. The first-order chi connectivity index (χ1) is 6.90. The summed E-state index contributed by atoms with van der Waals surface area (Å²) in [7, 11) is 1.70. The summed E-state index contributed by atoms with van der Waals surface area (Å²) in [4.78, 5) is 0. The second-order valence-electron chi connectivity index (χ2n) is 2.99. The van der Waals surface area contributed by atoms with E-state index in [9.17, 15) is 0 Å². The van der Waals surface area contributed by atoms with Crippen molar-refractivity contribution in [1.29, 1.82) is 0 Å². The van der Waals surface area contributed by atoms with Crippen LogP contribution in [0.1, 0.15) is 5.56 Å². The lowest BCUT2D eigenvalue weighted by atomic mass is 10.2. The molecule has 2 rings (SSSR count). The summed E-state index contributed by atoms with van der Waals surface area (Å²) in [6.45, 7) is 0.869. The fourth-order valence-corrected chi connectivity index (χ4v) is 2.03. The van der Waals surface area contributed by atoms with Gasteiger partial charge in [0, 0.05) is 5.56 Å². The van der Waals surface area contributed by atoms with Crippen molar-refractivity contribution in [2.45, 2.75) is 6.54 Å². The molecule has 0 radical (unpaired) electrons. The van der Waals surface area contributed by atoms with E-state index in [0.717, 1.165) is 11.7 Å². The zero-order valence-corrected chi connectivity index (χ0v) is 8.83. The predicted octanol–water partition coefficient (Wildman–Crippen LogP) is 2.09. The van der Waals surface area contributed by atoms with Crippen molar-refractivity contribution in [2.75, 3.05) is 7.11 Å². The van der Waals surface area contributed by atoms with Gasteiger partial charge in [-0.15, -0.1) is 0 Å². The molecule has 72 valence electrons. The van der Waals surface area contributed by atoms with E-state index in [1.165, 1.54) is 5.56 Å². The van der Waals surface area contributed by atoms with Crippen molar-refractivity contribution in [3.8, 4) is 5.19 Å². The first kappa shape index (κ1) is 9.21. The van der Waals surface area contributed by atoms with E-state index in [1.807, 2.05) is 17.6 Å². The molecule has 0 N–H and O–H groups in total. The van der Waals surface area contributed by atoms with Crippen LogP contribution >= 0.6 is 11.3 Å². The number of hydrogen-bond donors (Lipinski definition) is 0. The van der Waals surface area contributed by atoms with Gasteiger partial charge in [-0.1, -0.05) is 30.3 Å². The lowest BCUT2D eigenvalue weighted by Gasteiger charge is -1.96. The number of hydrogen-bond acceptors (Lipinski definition) is 2. The molecule has 1 aromatic carbocycles. The van der Waals surface area contributed by atoms with Crippen molar-refractivity contribution < 1.29 is 9.30 Å². The predicted molar refractivity (Wildman–Crippen MR) is 56.6 cm³/mol. The van der Waals surface area contributed by atoms with Crippen molar-refractivity contribution in [1.82, 2.24) is 0 Å². The van der Waals surface area contributed by atoms with E-state index in [2.05, 4.69) is 28.8 Å². The van der Waals surface area contributed by atoms with Crippen LogP contribution in [0.15, 0.2) is 41.9 Å². The second-order valence-corrected chi connectivity index (χ2v) is 3.84. The topological polar surface area (TPSA) is 13.1 Å². The molecule has 0 bridgehead atoms. The minimum atomic E-state index is 0.869. The highest BCUT2D eigenvalue weighted by molar-refractivity contribution is 7.10. The van der Waals surface area contributed by atoms with E-state index < -0.39 is 0 Å². The van der Waals surface area contributed by atoms with Crippen LogP contribution < -0.4 is 9.30 Å². The Labute approximate surface area is 87.4 Å². The lowest BCUT2D eigenvalue weighted by Crippen LogP contribution is -2.32. The summed E-state index contributed by atoms with van der Waals surface area (Å²) in [5.74, 6) is 0. The summed E-state index contributed by atoms with van der Waals surface area (Å²) in [5.41, 5.74) is 1.29. The largest absolute Gasteiger partial charge is 0.439 e. The monoisotopic (exact) mass is 206 g/mol. The van der Waals surface area contributed by atoms with E-state index >= 15 is 0 Å². The van der Waals surface area contributed by atoms with Gasteiger partial charge in [-0.05, 0) is 11.3 Å². The van der Waals surface area contributed by atoms with E-state index in [4.69, 9.17) is 4.74 Å². The molecular formula is C11H12NOS+. The average Bonchev–Trinajstić information content (AvgIpc) is 2.67. The Morgan fingerprint density at radius 3 is 2.79 bits per heavy atom. The standard InChI is InChI=1S/C11H12NOS/c1-13-11-12(7-8-14-11)9-10-5-3-2-4-6-10/h2-8H,9H2,1H3/q+1. The zero-order valence-electron chi connectivity index (χ0n) is 8.01. The maximum Gasteiger partial charge on any atom is 0.430 e. The minimum Gasteiger partial charge on any atom is -0.439 e. The van der Waals surface area contributed by atoms with Crippen LogP contribution in [0.2, 0.25) is 0 Å².